The summed E-state index contributed by atoms with van der Waals surface area (Å²) in [4.78, 5) is 23.9. The van der Waals surface area contributed by atoms with Crippen LogP contribution in [0.1, 0.15) is 44.6 Å². The average molecular weight is 318 g/mol. The minimum absolute atomic E-state index is 0.0162. The van der Waals surface area contributed by atoms with E-state index in [1.54, 1.807) is 0 Å². The van der Waals surface area contributed by atoms with Crippen molar-refractivity contribution in [1.29, 1.82) is 0 Å². The number of unbranched alkanes of at least 4 members (excludes halogenated alkanes) is 1. The van der Waals surface area contributed by atoms with Gasteiger partial charge in [-0.1, -0.05) is 25.5 Å². The first-order valence-corrected chi connectivity index (χ1v) is 8.45. The molecule has 1 aliphatic carbocycles. The molecule has 1 atom stereocenters. The number of carbonyl (C=O) groups is 2. The molecule has 2 rings (SSSR count). The number of anilines is 1. The minimum Gasteiger partial charge on any atom is -0.396 e. The van der Waals surface area contributed by atoms with Gasteiger partial charge in [-0.2, -0.15) is 0 Å². The standard InChI is InChI=1S/C18H26N2O3/c1-2-3-4-13-5-9-15(10-6-13)19-17(22)18(23)20-16(11-12-21)14-7-8-14/h5-6,9-10,14,16,21H,2-4,7-8,11-12H2,1H3,(H,19,22)(H,20,23). The minimum atomic E-state index is -0.658. The summed E-state index contributed by atoms with van der Waals surface area (Å²) in [6.07, 6.45) is 5.90. The van der Waals surface area contributed by atoms with Crippen LogP contribution in [0.5, 0.6) is 0 Å². The van der Waals surface area contributed by atoms with Crippen molar-refractivity contribution in [2.24, 2.45) is 5.92 Å². The highest BCUT2D eigenvalue weighted by molar-refractivity contribution is 6.39. The van der Waals surface area contributed by atoms with Gasteiger partial charge in [0.05, 0.1) is 0 Å². The van der Waals surface area contributed by atoms with Crippen molar-refractivity contribution in [1.82, 2.24) is 5.32 Å². The predicted octanol–water partition coefficient (Wildman–Crippen LogP) is 2.24. The first-order chi connectivity index (χ1) is 11.1. The van der Waals surface area contributed by atoms with Crippen LogP contribution in [0.25, 0.3) is 0 Å². The number of rotatable bonds is 8. The molecule has 5 nitrogen and oxygen atoms in total. The molecule has 1 aromatic rings. The maximum atomic E-state index is 12.0. The molecular formula is C18H26N2O3. The molecule has 1 unspecified atom stereocenters. The number of hydrogen-bond donors (Lipinski definition) is 3. The highest BCUT2D eigenvalue weighted by Gasteiger charge is 2.32. The zero-order valence-corrected chi connectivity index (χ0v) is 13.7. The SMILES string of the molecule is CCCCc1ccc(NC(=O)C(=O)NC(CCO)C2CC2)cc1. The van der Waals surface area contributed by atoms with Gasteiger partial charge in [-0.15, -0.1) is 0 Å². The van der Waals surface area contributed by atoms with Gasteiger partial charge in [0.15, 0.2) is 0 Å². The maximum absolute atomic E-state index is 12.0. The Morgan fingerprint density at radius 1 is 1.22 bits per heavy atom. The number of amides is 2. The molecule has 1 aromatic carbocycles. The third-order valence-electron chi connectivity index (χ3n) is 4.18. The zero-order chi connectivity index (χ0) is 16.7. The molecule has 3 N–H and O–H groups in total. The number of aliphatic hydroxyl groups excluding tert-OH is 1. The van der Waals surface area contributed by atoms with Gasteiger partial charge < -0.3 is 15.7 Å². The van der Waals surface area contributed by atoms with Gasteiger partial charge in [0.1, 0.15) is 0 Å². The van der Waals surface area contributed by atoms with Crippen molar-refractivity contribution in [3.8, 4) is 0 Å². The molecule has 1 fully saturated rings. The van der Waals surface area contributed by atoms with E-state index in [1.165, 1.54) is 5.56 Å². The third-order valence-corrected chi connectivity index (χ3v) is 4.18. The topological polar surface area (TPSA) is 78.4 Å². The van der Waals surface area contributed by atoms with Crippen LogP contribution in [0.3, 0.4) is 0 Å². The van der Waals surface area contributed by atoms with E-state index >= 15 is 0 Å². The van der Waals surface area contributed by atoms with Gasteiger partial charge in [-0.05, 0) is 55.7 Å². The lowest BCUT2D eigenvalue weighted by molar-refractivity contribution is -0.136. The van der Waals surface area contributed by atoms with Crippen molar-refractivity contribution < 1.29 is 14.7 Å². The number of benzene rings is 1. The molecular weight excluding hydrogens is 292 g/mol. The van der Waals surface area contributed by atoms with E-state index in [9.17, 15) is 9.59 Å². The van der Waals surface area contributed by atoms with Crippen LogP contribution in [-0.4, -0.2) is 29.6 Å². The summed E-state index contributed by atoms with van der Waals surface area (Å²) in [7, 11) is 0. The van der Waals surface area contributed by atoms with Crippen LogP contribution >= 0.6 is 0 Å². The van der Waals surface area contributed by atoms with E-state index < -0.39 is 11.8 Å². The van der Waals surface area contributed by atoms with Gasteiger partial charge >= 0.3 is 11.8 Å². The largest absolute Gasteiger partial charge is 0.396 e. The van der Waals surface area contributed by atoms with Gasteiger partial charge in [-0.3, -0.25) is 9.59 Å². The van der Waals surface area contributed by atoms with Gasteiger partial charge in [0, 0.05) is 18.3 Å². The van der Waals surface area contributed by atoms with Crippen molar-refractivity contribution >= 4 is 17.5 Å². The molecule has 0 bridgehead atoms. The molecule has 126 valence electrons. The monoisotopic (exact) mass is 318 g/mol. The number of aryl methyl sites for hydroxylation is 1. The van der Waals surface area contributed by atoms with Crippen LogP contribution in [0, 0.1) is 5.92 Å². The van der Waals surface area contributed by atoms with Crippen LogP contribution in [0.4, 0.5) is 5.69 Å². The Hall–Kier alpha value is -1.88. The lowest BCUT2D eigenvalue weighted by Crippen LogP contribution is -2.43. The fourth-order valence-electron chi connectivity index (χ4n) is 2.62. The van der Waals surface area contributed by atoms with Crippen LogP contribution in [-0.2, 0) is 16.0 Å². The molecule has 0 saturated heterocycles. The first kappa shape index (κ1) is 17.5. The highest BCUT2D eigenvalue weighted by Crippen LogP contribution is 2.33. The number of aliphatic hydroxyl groups is 1. The highest BCUT2D eigenvalue weighted by atomic mass is 16.3. The lowest BCUT2D eigenvalue weighted by atomic mass is 10.1. The van der Waals surface area contributed by atoms with E-state index in [2.05, 4.69) is 17.6 Å². The van der Waals surface area contributed by atoms with Gasteiger partial charge in [0.2, 0.25) is 0 Å². The molecule has 1 aliphatic rings. The Kier molecular flexibility index (Phi) is 6.59. The number of nitrogens with one attached hydrogen (secondary N) is 2. The molecule has 0 aromatic heterocycles. The number of carbonyl (C=O) groups excluding carboxylic acids is 2. The zero-order valence-electron chi connectivity index (χ0n) is 13.7. The maximum Gasteiger partial charge on any atom is 0.313 e. The average Bonchev–Trinajstić information content (AvgIpc) is 3.38. The molecule has 23 heavy (non-hydrogen) atoms. The summed E-state index contributed by atoms with van der Waals surface area (Å²) in [6, 6.07) is 7.49. The molecule has 0 radical (unpaired) electrons. The quantitative estimate of drug-likeness (QED) is 0.643. The Morgan fingerprint density at radius 2 is 1.91 bits per heavy atom. The van der Waals surface area contributed by atoms with E-state index in [4.69, 9.17) is 5.11 Å². The van der Waals surface area contributed by atoms with Gasteiger partial charge in [-0.25, -0.2) is 0 Å². The summed E-state index contributed by atoms with van der Waals surface area (Å²) < 4.78 is 0. The van der Waals surface area contributed by atoms with Crippen molar-refractivity contribution in [3.63, 3.8) is 0 Å². The summed E-state index contributed by atoms with van der Waals surface area (Å²) in [6.45, 7) is 2.17. The normalized spacial score (nSPS) is 15.0. The van der Waals surface area contributed by atoms with E-state index in [0.717, 1.165) is 32.1 Å². The second-order valence-electron chi connectivity index (χ2n) is 6.18. The van der Waals surface area contributed by atoms with Crippen molar-refractivity contribution in [2.75, 3.05) is 11.9 Å². The van der Waals surface area contributed by atoms with E-state index in [-0.39, 0.29) is 12.6 Å². The molecule has 0 spiro atoms. The first-order valence-electron chi connectivity index (χ1n) is 8.45. The Labute approximate surface area is 137 Å². The second kappa shape index (κ2) is 8.67. The Morgan fingerprint density at radius 3 is 2.48 bits per heavy atom. The molecule has 1 saturated carbocycles. The Bertz CT molecular complexity index is 524. The van der Waals surface area contributed by atoms with Crippen molar-refractivity contribution in [3.05, 3.63) is 29.8 Å². The smallest absolute Gasteiger partial charge is 0.313 e. The van der Waals surface area contributed by atoms with E-state index in [0.29, 0.717) is 18.0 Å². The third kappa shape index (κ3) is 5.67. The second-order valence-corrected chi connectivity index (χ2v) is 6.18. The molecule has 5 heteroatoms. The fraction of sp³-hybridized carbons (Fsp3) is 0.556. The summed E-state index contributed by atoms with van der Waals surface area (Å²) >= 11 is 0. The molecule has 2 amide bonds. The fourth-order valence-corrected chi connectivity index (χ4v) is 2.62. The predicted molar refractivity (Wildman–Crippen MR) is 90.0 cm³/mol. The number of hydrogen-bond acceptors (Lipinski definition) is 3. The Balaban J connectivity index is 1.83. The summed E-state index contributed by atoms with van der Waals surface area (Å²) in [5.74, 6) is -0.892. The van der Waals surface area contributed by atoms with Crippen LogP contribution in [0.2, 0.25) is 0 Å². The summed E-state index contributed by atoms with van der Waals surface area (Å²) in [5.41, 5.74) is 1.85. The molecule has 0 aliphatic heterocycles. The molecule has 0 heterocycles. The van der Waals surface area contributed by atoms with Crippen LogP contribution < -0.4 is 10.6 Å². The lowest BCUT2D eigenvalue weighted by Gasteiger charge is -2.16. The summed E-state index contributed by atoms with van der Waals surface area (Å²) in [5, 5.41) is 14.4. The van der Waals surface area contributed by atoms with Crippen LogP contribution in [0.15, 0.2) is 24.3 Å². The van der Waals surface area contributed by atoms with Gasteiger partial charge in [0.25, 0.3) is 0 Å². The van der Waals surface area contributed by atoms with E-state index in [1.807, 2.05) is 24.3 Å². The van der Waals surface area contributed by atoms with Crippen molar-refractivity contribution in [2.45, 2.75) is 51.5 Å².